The van der Waals surface area contributed by atoms with Gasteiger partial charge in [0.2, 0.25) is 0 Å². The Bertz CT molecular complexity index is 841. The fourth-order valence-electron chi connectivity index (χ4n) is 3.48. The number of carbonyl (C=O) groups is 1. The van der Waals surface area contributed by atoms with Crippen LogP contribution in [0.25, 0.3) is 0 Å². The van der Waals surface area contributed by atoms with E-state index in [4.69, 9.17) is 11.6 Å². The molecule has 1 heterocycles. The molecule has 26 heavy (non-hydrogen) atoms. The first kappa shape index (κ1) is 19.0. The Balaban J connectivity index is 2.30. The topological polar surface area (TPSA) is 32.3 Å². The average Bonchev–Trinajstić information content (AvgIpc) is 2.56. The molecule has 138 valence electrons. The number of carbonyl (C=O) groups excluding carboxylic acids is 1. The molecule has 1 aliphatic heterocycles. The normalized spacial score (nSPS) is 19.9. The first-order valence-electron chi connectivity index (χ1n) is 7.89. The molecule has 0 aliphatic carbocycles. The van der Waals surface area contributed by atoms with Crippen LogP contribution in [0, 0.1) is 0 Å². The molecule has 8 heteroatoms. The summed E-state index contributed by atoms with van der Waals surface area (Å²) in [6.45, 7) is 0.392. The molecule has 0 spiro atoms. The van der Waals surface area contributed by atoms with Gasteiger partial charge in [0.05, 0.1) is 5.54 Å². The molecule has 1 atom stereocenters. The van der Waals surface area contributed by atoms with Crippen molar-refractivity contribution < 1.29 is 18.0 Å². The Morgan fingerprint density at radius 3 is 2.42 bits per heavy atom. The van der Waals surface area contributed by atoms with E-state index in [1.54, 1.807) is 49.4 Å². The van der Waals surface area contributed by atoms with Crippen LogP contribution in [0.2, 0.25) is 5.02 Å². The second kappa shape index (κ2) is 6.78. The lowest BCUT2D eigenvalue weighted by Crippen LogP contribution is -2.57. The van der Waals surface area contributed by atoms with Crippen LogP contribution in [-0.2, 0) is 5.54 Å². The number of nitrogens with zero attached hydrogens (tertiary/aromatic N) is 1. The maximum absolute atomic E-state index is 13.3. The molecule has 1 unspecified atom stereocenters. The van der Waals surface area contributed by atoms with Crippen molar-refractivity contribution in [1.82, 2.24) is 4.90 Å². The fraction of sp³-hybridized carbons (Fsp3) is 0.278. The molecule has 0 radical (unpaired) electrons. The van der Waals surface area contributed by atoms with Crippen molar-refractivity contribution in [1.29, 1.82) is 0 Å². The third-order valence-corrected chi connectivity index (χ3v) is 5.31. The van der Waals surface area contributed by atoms with Gasteiger partial charge in [0.1, 0.15) is 6.54 Å². The molecule has 1 aliphatic rings. The van der Waals surface area contributed by atoms with Crippen LogP contribution in [0.1, 0.15) is 24.5 Å². The number of halogens is 5. The van der Waals surface area contributed by atoms with Gasteiger partial charge in [-0.1, -0.05) is 46.6 Å². The zero-order valence-electron chi connectivity index (χ0n) is 13.7. The highest BCUT2D eigenvalue weighted by Gasteiger charge is 2.50. The largest absolute Gasteiger partial charge is 0.406 e. The summed E-state index contributed by atoms with van der Waals surface area (Å²) in [5, 5.41) is 2.94. The van der Waals surface area contributed by atoms with E-state index >= 15 is 0 Å². The van der Waals surface area contributed by atoms with Crippen LogP contribution in [0.3, 0.4) is 0 Å². The number of hydrogen-bond donors (Lipinski definition) is 1. The Kier molecular flexibility index (Phi) is 4.96. The van der Waals surface area contributed by atoms with E-state index in [9.17, 15) is 18.0 Å². The number of fused-ring (bicyclic) bond motifs is 1. The molecule has 1 N–H and O–H groups in total. The maximum atomic E-state index is 13.3. The fourth-order valence-corrected chi connectivity index (χ4v) is 3.91. The number of benzene rings is 2. The molecule has 0 saturated heterocycles. The molecular formula is C18H15BrClF3N2O. The predicted octanol–water partition coefficient (Wildman–Crippen LogP) is 6.17. The van der Waals surface area contributed by atoms with Crippen LogP contribution in [-0.4, -0.2) is 23.7 Å². The summed E-state index contributed by atoms with van der Waals surface area (Å²) in [6, 6.07) is 11.0. The van der Waals surface area contributed by atoms with Gasteiger partial charge >= 0.3 is 12.2 Å². The molecular weight excluding hydrogens is 433 g/mol. The molecule has 2 aromatic rings. The second-order valence-corrected chi connectivity index (χ2v) is 7.39. The SMILES string of the molecule is CCC1(c2ccc(Br)cc2)c2cc(Cl)ccc2NC(=O)N1CC(F)(F)F. The van der Waals surface area contributed by atoms with Crippen LogP contribution >= 0.6 is 27.5 Å². The first-order valence-corrected chi connectivity index (χ1v) is 9.06. The third-order valence-electron chi connectivity index (χ3n) is 4.55. The van der Waals surface area contributed by atoms with E-state index < -0.39 is 24.3 Å². The van der Waals surface area contributed by atoms with Gasteiger partial charge in [-0.3, -0.25) is 0 Å². The molecule has 0 aromatic heterocycles. The van der Waals surface area contributed by atoms with Gasteiger partial charge < -0.3 is 10.2 Å². The summed E-state index contributed by atoms with van der Waals surface area (Å²) < 4.78 is 40.6. The predicted molar refractivity (Wildman–Crippen MR) is 98.4 cm³/mol. The minimum atomic E-state index is -4.54. The van der Waals surface area contributed by atoms with E-state index in [1.165, 1.54) is 0 Å². The molecule has 2 amide bonds. The van der Waals surface area contributed by atoms with Crippen molar-refractivity contribution in [3.8, 4) is 0 Å². The number of anilines is 1. The lowest BCUT2D eigenvalue weighted by molar-refractivity contribution is -0.148. The third kappa shape index (κ3) is 3.30. The number of rotatable bonds is 3. The standard InChI is InChI=1S/C18H15BrClF3N2O/c1-2-17(11-3-5-12(19)6-4-11)14-9-13(20)7-8-15(14)24-16(26)25(17)10-18(21,22)23/h3-9H,2,10H2,1H3,(H,24,26). The lowest BCUT2D eigenvalue weighted by atomic mass is 9.77. The van der Waals surface area contributed by atoms with Gasteiger partial charge in [-0.25, -0.2) is 4.79 Å². The van der Waals surface area contributed by atoms with E-state index in [0.29, 0.717) is 21.8 Å². The minimum absolute atomic E-state index is 0.255. The highest BCUT2D eigenvalue weighted by molar-refractivity contribution is 9.10. The van der Waals surface area contributed by atoms with Crippen LogP contribution in [0.15, 0.2) is 46.9 Å². The highest BCUT2D eigenvalue weighted by atomic mass is 79.9. The molecule has 2 aromatic carbocycles. The summed E-state index contributed by atoms with van der Waals surface area (Å²) >= 11 is 9.46. The van der Waals surface area contributed by atoms with Gasteiger partial charge in [0, 0.05) is 20.7 Å². The summed E-state index contributed by atoms with van der Waals surface area (Å²) in [7, 11) is 0. The van der Waals surface area contributed by atoms with E-state index in [-0.39, 0.29) is 6.42 Å². The average molecular weight is 448 g/mol. The van der Waals surface area contributed by atoms with E-state index in [0.717, 1.165) is 9.37 Å². The van der Waals surface area contributed by atoms with Crippen LogP contribution in [0.5, 0.6) is 0 Å². The second-order valence-electron chi connectivity index (χ2n) is 6.04. The minimum Gasteiger partial charge on any atom is -0.307 e. The van der Waals surface area contributed by atoms with Crippen molar-refractivity contribution in [2.45, 2.75) is 25.1 Å². The zero-order valence-corrected chi connectivity index (χ0v) is 16.0. The van der Waals surface area contributed by atoms with Crippen molar-refractivity contribution in [2.24, 2.45) is 0 Å². The van der Waals surface area contributed by atoms with Gasteiger partial charge in [-0.2, -0.15) is 13.2 Å². The highest BCUT2D eigenvalue weighted by Crippen LogP contribution is 2.47. The molecule has 0 saturated carbocycles. The molecule has 3 rings (SSSR count). The van der Waals surface area contributed by atoms with Crippen LogP contribution in [0.4, 0.5) is 23.7 Å². The van der Waals surface area contributed by atoms with Crippen molar-refractivity contribution in [3.63, 3.8) is 0 Å². The number of urea groups is 1. The summed E-state index contributed by atoms with van der Waals surface area (Å²) in [5.74, 6) is 0. The monoisotopic (exact) mass is 446 g/mol. The number of alkyl halides is 3. The Morgan fingerprint density at radius 2 is 1.85 bits per heavy atom. The first-order chi connectivity index (χ1) is 12.2. The number of nitrogens with one attached hydrogen (secondary N) is 1. The number of amides is 2. The Labute approximate surface area is 162 Å². The van der Waals surface area contributed by atoms with Gasteiger partial charge in [0.25, 0.3) is 0 Å². The molecule has 0 bridgehead atoms. The lowest BCUT2D eigenvalue weighted by Gasteiger charge is -2.48. The number of hydrogen-bond acceptors (Lipinski definition) is 1. The summed E-state index contributed by atoms with van der Waals surface area (Å²) in [5.41, 5.74) is 0.311. The van der Waals surface area contributed by atoms with Gasteiger partial charge in [-0.15, -0.1) is 0 Å². The zero-order chi connectivity index (χ0) is 19.1. The molecule has 0 fully saturated rings. The Hall–Kier alpha value is -1.73. The van der Waals surface area contributed by atoms with Crippen LogP contribution < -0.4 is 5.32 Å². The smallest absolute Gasteiger partial charge is 0.307 e. The van der Waals surface area contributed by atoms with Gasteiger partial charge in [-0.05, 0) is 42.3 Å². The van der Waals surface area contributed by atoms with Gasteiger partial charge in [0.15, 0.2) is 0 Å². The quantitative estimate of drug-likeness (QED) is 0.600. The summed E-state index contributed by atoms with van der Waals surface area (Å²) in [4.78, 5) is 13.4. The Morgan fingerprint density at radius 1 is 1.19 bits per heavy atom. The maximum Gasteiger partial charge on any atom is 0.406 e. The van der Waals surface area contributed by atoms with E-state index in [2.05, 4.69) is 21.2 Å². The van der Waals surface area contributed by atoms with E-state index in [1.807, 2.05) is 0 Å². The van der Waals surface area contributed by atoms with Crippen molar-refractivity contribution in [3.05, 3.63) is 63.1 Å². The molecule has 3 nitrogen and oxygen atoms in total. The summed E-state index contributed by atoms with van der Waals surface area (Å²) in [6.07, 6.45) is -4.28. The van der Waals surface area contributed by atoms with Crippen molar-refractivity contribution >= 4 is 39.2 Å². The van der Waals surface area contributed by atoms with Crippen molar-refractivity contribution in [2.75, 3.05) is 11.9 Å².